The summed E-state index contributed by atoms with van der Waals surface area (Å²) in [5, 5.41) is 2.43. The van der Waals surface area contributed by atoms with Gasteiger partial charge in [-0.3, -0.25) is 0 Å². The molecule has 0 fully saturated rings. The van der Waals surface area contributed by atoms with Crippen molar-refractivity contribution in [2.24, 2.45) is 0 Å². The highest BCUT2D eigenvalue weighted by Gasteiger charge is 2.15. The maximum absolute atomic E-state index is 13.4. The summed E-state index contributed by atoms with van der Waals surface area (Å²) in [4.78, 5) is 15.1. The van der Waals surface area contributed by atoms with Crippen molar-refractivity contribution in [2.75, 3.05) is 11.9 Å². The molecule has 0 spiro atoms. The third-order valence-electron chi connectivity index (χ3n) is 2.18. The second kappa shape index (κ2) is 5.47. The minimum atomic E-state index is -1.06. The lowest BCUT2D eigenvalue weighted by Gasteiger charge is -2.03. The molecule has 1 aromatic carbocycles. The van der Waals surface area contributed by atoms with Crippen molar-refractivity contribution >= 4 is 17.7 Å². The fourth-order valence-corrected chi connectivity index (χ4v) is 1.35. The molecule has 0 aliphatic rings. The van der Waals surface area contributed by atoms with Crippen molar-refractivity contribution in [1.82, 2.24) is 4.98 Å². The van der Waals surface area contributed by atoms with Crippen LogP contribution >= 0.6 is 0 Å². The molecular formula is C12H10F2N2O3. The van der Waals surface area contributed by atoms with E-state index in [0.29, 0.717) is 0 Å². The number of ether oxygens (including phenoxy) is 1. The summed E-state index contributed by atoms with van der Waals surface area (Å²) < 4.78 is 36.0. The Bertz CT molecular complexity index is 598. The van der Waals surface area contributed by atoms with E-state index in [0.717, 1.165) is 12.3 Å². The molecule has 0 radical (unpaired) electrons. The Morgan fingerprint density at radius 2 is 2.26 bits per heavy atom. The molecule has 0 unspecified atom stereocenters. The third-order valence-corrected chi connectivity index (χ3v) is 2.18. The minimum absolute atomic E-state index is 0.0545. The van der Waals surface area contributed by atoms with E-state index in [-0.39, 0.29) is 24.0 Å². The van der Waals surface area contributed by atoms with Crippen LogP contribution in [0.25, 0.3) is 0 Å². The molecule has 2 rings (SSSR count). The van der Waals surface area contributed by atoms with E-state index >= 15 is 0 Å². The summed E-state index contributed by atoms with van der Waals surface area (Å²) in [5.41, 5.74) is -0.196. The van der Waals surface area contributed by atoms with Gasteiger partial charge in [0.25, 0.3) is 6.01 Å². The van der Waals surface area contributed by atoms with Crippen LogP contribution in [-0.2, 0) is 4.74 Å². The Morgan fingerprint density at radius 3 is 3.00 bits per heavy atom. The molecule has 0 bridgehead atoms. The topological polar surface area (TPSA) is 64.4 Å². The molecule has 0 aliphatic heterocycles. The number of carbonyl (C=O) groups is 1. The maximum Gasteiger partial charge on any atom is 0.360 e. The highest BCUT2D eigenvalue weighted by molar-refractivity contribution is 5.87. The quantitative estimate of drug-likeness (QED) is 0.864. The van der Waals surface area contributed by atoms with E-state index in [1.54, 1.807) is 6.92 Å². The van der Waals surface area contributed by atoms with Crippen molar-refractivity contribution < 1.29 is 22.7 Å². The Balaban J connectivity index is 2.16. The van der Waals surface area contributed by atoms with Crippen molar-refractivity contribution in [3.8, 4) is 0 Å². The van der Waals surface area contributed by atoms with Gasteiger partial charge in [0.2, 0.25) is 0 Å². The van der Waals surface area contributed by atoms with E-state index < -0.39 is 17.6 Å². The number of halogens is 2. The highest BCUT2D eigenvalue weighted by atomic mass is 19.2. The lowest BCUT2D eigenvalue weighted by atomic mass is 10.3. The van der Waals surface area contributed by atoms with Gasteiger partial charge < -0.3 is 14.5 Å². The average molecular weight is 268 g/mol. The number of oxazole rings is 1. The van der Waals surface area contributed by atoms with Crippen molar-refractivity contribution in [3.05, 3.63) is 41.8 Å². The van der Waals surface area contributed by atoms with E-state index in [4.69, 9.17) is 9.15 Å². The lowest BCUT2D eigenvalue weighted by Crippen LogP contribution is -2.05. The fourth-order valence-electron chi connectivity index (χ4n) is 1.35. The number of anilines is 2. The molecule has 7 heteroatoms. The summed E-state index contributed by atoms with van der Waals surface area (Å²) >= 11 is 0. The van der Waals surface area contributed by atoms with Crippen molar-refractivity contribution in [2.45, 2.75) is 6.92 Å². The Morgan fingerprint density at radius 1 is 1.47 bits per heavy atom. The summed E-state index contributed by atoms with van der Waals surface area (Å²) in [6.45, 7) is 1.85. The number of nitrogens with one attached hydrogen (secondary N) is 1. The van der Waals surface area contributed by atoms with Crippen LogP contribution in [0.3, 0.4) is 0 Å². The molecule has 1 aromatic heterocycles. The van der Waals surface area contributed by atoms with Gasteiger partial charge >= 0.3 is 5.97 Å². The van der Waals surface area contributed by atoms with E-state index in [1.807, 2.05) is 0 Å². The fraction of sp³-hybridized carbons (Fsp3) is 0.167. The van der Waals surface area contributed by atoms with Crippen LogP contribution in [0.1, 0.15) is 17.4 Å². The molecule has 0 atom stereocenters. The van der Waals surface area contributed by atoms with Gasteiger partial charge in [-0.25, -0.2) is 13.6 Å². The Kier molecular flexibility index (Phi) is 3.74. The maximum atomic E-state index is 13.4. The first-order valence-corrected chi connectivity index (χ1v) is 5.45. The molecule has 0 aliphatic carbocycles. The molecule has 0 saturated heterocycles. The molecule has 1 heterocycles. The molecule has 2 aromatic rings. The summed E-state index contributed by atoms with van der Waals surface area (Å²) in [6, 6.07) is 3.50. The minimum Gasteiger partial charge on any atom is -0.461 e. The second-order valence-corrected chi connectivity index (χ2v) is 3.48. The molecule has 5 nitrogen and oxygen atoms in total. The predicted octanol–water partition coefficient (Wildman–Crippen LogP) is 2.87. The number of nitrogens with zero attached hydrogens (tertiary/aromatic N) is 1. The smallest absolute Gasteiger partial charge is 0.360 e. The van der Waals surface area contributed by atoms with Crippen LogP contribution in [0.5, 0.6) is 0 Å². The van der Waals surface area contributed by atoms with Gasteiger partial charge in [-0.05, 0) is 19.1 Å². The van der Waals surface area contributed by atoms with Crippen LogP contribution in [0.15, 0.2) is 28.9 Å². The van der Waals surface area contributed by atoms with Gasteiger partial charge in [-0.1, -0.05) is 6.07 Å². The standard InChI is InChI=1S/C12H10F2N2O3/c1-2-18-11(17)9-6-19-12(16-9)15-8-5-3-4-7(13)10(8)14/h3-6H,2H2,1H3,(H,15,16). The highest BCUT2D eigenvalue weighted by Crippen LogP contribution is 2.21. The van der Waals surface area contributed by atoms with Crippen molar-refractivity contribution in [3.63, 3.8) is 0 Å². The first kappa shape index (κ1) is 13.0. The van der Waals surface area contributed by atoms with Crippen LogP contribution in [0, 0.1) is 11.6 Å². The van der Waals surface area contributed by atoms with Gasteiger partial charge in [0.05, 0.1) is 12.3 Å². The van der Waals surface area contributed by atoms with Crippen molar-refractivity contribution in [1.29, 1.82) is 0 Å². The van der Waals surface area contributed by atoms with Gasteiger partial charge in [-0.15, -0.1) is 0 Å². The summed E-state index contributed by atoms with van der Waals surface area (Å²) in [6.07, 6.45) is 1.07. The largest absolute Gasteiger partial charge is 0.461 e. The Hall–Kier alpha value is -2.44. The normalized spacial score (nSPS) is 10.3. The average Bonchev–Trinajstić information content (AvgIpc) is 2.84. The zero-order valence-electron chi connectivity index (χ0n) is 9.94. The number of benzene rings is 1. The SMILES string of the molecule is CCOC(=O)c1coc(Nc2cccc(F)c2F)n1. The molecule has 19 heavy (non-hydrogen) atoms. The first-order chi connectivity index (χ1) is 9.11. The summed E-state index contributed by atoms with van der Waals surface area (Å²) in [5.74, 6) is -2.71. The monoisotopic (exact) mass is 268 g/mol. The zero-order valence-corrected chi connectivity index (χ0v) is 9.94. The molecule has 0 amide bonds. The van der Waals surface area contributed by atoms with Gasteiger partial charge in [-0.2, -0.15) is 4.98 Å². The van der Waals surface area contributed by atoms with Crippen LogP contribution in [-0.4, -0.2) is 17.6 Å². The van der Waals surface area contributed by atoms with E-state index in [2.05, 4.69) is 10.3 Å². The van der Waals surface area contributed by atoms with Gasteiger partial charge in [0, 0.05) is 0 Å². The van der Waals surface area contributed by atoms with Gasteiger partial charge in [0.1, 0.15) is 6.26 Å². The number of hydrogen-bond acceptors (Lipinski definition) is 5. The molecule has 100 valence electrons. The molecular weight excluding hydrogens is 258 g/mol. The number of rotatable bonds is 4. The van der Waals surface area contributed by atoms with Crippen LogP contribution < -0.4 is 5.32 Å². The zero-order chi connectivity index (χ0) is 13.8. The van der Waals surface area contributed by atoms with Gasteiger partial charge in [0.15, 0.2) is 17.3 Å². The number of hydrogen-bond donors (Lipinski definition) is 1. The third kappa shape index (κ3) is 2.87. The molecule has 1 N–H and O–H groups in total. The number of carbonyl (C=O) groups excluding carboxylic acids is 1. The summed E-state index contributed by atoms with van der Waals surface area (Å²) in [7, 11) is 0. The van der Waals surface area contributed by atoms with Crippen LogP contribution in [0.4, 0.5) is 20.5 Å². The number of aromatic nitrogens is 1. The van der Waals surface area contributed by atoms with E-state index in [1.165, 1.54) is 12.1 Å². The predicted molar refractivity (Wildman–Crippen MR) is 62.1 cm³/mol. The number of esters is 1. The van der Waals surface area contributed by atoms with E-state index in [9.17, 15) is 13.6 Å². The van der Waals surface area contributed by atoms with Crippen LogP contribution in [0.2, 0.25) is 0 Å². The lowest BCUT2D eigenvalue weighted by molar-refractivity contribution is 0.0519. The Labute approximate surface area is 107 Å². The molecule has 0 saturated carbocycles. The first-order valence-electron chi connectivity index (χ1n) is 5.45. The second-order valence-electron chi connectivity index (χ2n) is 3.48.